The predicted octanol–water partition coefficient (Wildman–Crippen LogP) is 6.03. The van der Waals surface area contributed by atoms with E-state index in [0.717, 1.165) is 23.8 Å². The minimum absolute atomic E-state index is 0.723. The smallest absolute Gasteiger partial charge is 0.0126 e. The maximum atomic E-state index is 2.86. The zero-order valence-electron chi connectivity index (χ0n) is 16.0. The molecule has 0 amide bonds. The molecule has 0 spiro atoms. The molecular weight excluding hydrogens is 314 g/mol. The van der Waals surface area contributed by atoms with Crippen molar-refractivity contribution in [3.05, 3.63) is 59.7 Å². The topological polar surface area (TPSA) is 3.24 Å². The first-order chi connectivity index (χ1) is 12.8. The van der Waals surface area contributed by atoms with E-state index >= 15 is 0 Å². The molecule has 0 N–H and O–H groups in total. The Hall–Kier alpha value is -1.60. The molecule has 2 aromatic carbocycles. The van der Waals surface area contributed by atoms with Gasteiger partial charge in [-0.3, -0.25) is 0 Å². The Kier molecular flexibility index (Phi) is 4.36. The van der Waals surface area contributed by atoms with Crippen molar-refractivity contribution in [2.45, 2.75) is 57.4 Å². The van der Waals surface area contributed by atoms with Crippen molar-refractivity contribution in [2.24, 2.45) is 11.8 Å². The Balaban J connectivity index is 1.34. The SMILES string of the molecule is Cc1ccccc1-c1ccccc1C1CCN([C@H]2C[C@H]3CC[C@H]2C3)CC1. The molecule has 1 heterocycles. The first kappa shape index (κ1) is 16.6. The fourth-order valence-electron chi connectivity index (χ4n) is 6.17. The third-order valence-corrected chi connectivity index (χ3v) is 7.54. The largest absolute Gasteiger partial charge is 0.300 e. The molecule has 5 rings (SSSR count). The Morgan fingerprint density at radius 3 is 2.19 bits per heavy atom. The standard InChI is InChI=1S/C25H31N/c1-18-6-2-3-7-22(18)24-9-5-4-8-23(24)20-12-14-26(15-13-20)25-17-19-10-11-21(25)16-19/h2-9,19-21,25H,10-17H2,1H3/t19-,21-,25-/m0/s1. The average molecular weight is 346 g/mol. The van der Waals surface area contributed by atoms with Crippen molar-refractivity contribution >= 4 is 0 Å². The number of hydrogen-bond acceptors (Lipinski definition) is 1. The second-order valence-electron chi connectivity index (χ2n) is 8.95. The number of hydrogen-bond donors (Lipinski definition) is 0. The van der Waals surface area contributed by atoms with Crippen LogP contribution in [0.5, 0.6) is 0 Å². The number of piperidine rings is 1. The first-order valence-corrected chi connectivity index (χ1v) is 10.7. The maximum Gasteiger partial charge on any atom is 0.0126 e. The first-order valence-electron chi connectivity index (χ1n) is 10.7. The van der Waals surface area contributed by atoms with Gasteiger partial charge in [-0.2, -0.15) is 0 Å². The van der Waals surface area contributed by atoms with Gasteiger partial charge in [0, 0.05) is 6.04 Å². The van der Waals surface area contributed by atoms with Gasteiger partial charge < -0.3 is 4.90 Å². The zero-order chi connectivity index (χ0) is 17.5. The summed E-state index contributed by atoms with van der Waals surface area (Å²) in [5, 5.41) is 0. The van der Waals surface area contributed by atoms with Crippen LogP contribution in [0.25, 0.3) is 11.1 Å². The van der Waals surface area contributed by atoms with Crippen LogP contribution in [0, 0.1) is 18.8 Å². The van der Waals surface area contributed by atoms with E-state index in [4.69, 9.17) is 0 Å². The van der Waals surface area contributed by atoms with Crippen molar-refractivity contribution < 1.29 is 0 Å². The van der Waals surface area contributed by atoms with Crippen LogP contribution in [-0.2, 0) is 0 Å². The molecule has 1 saturated heterocycles. The summed E-state index contributed by atoms with van der Waals surface area (Å²) in [5.41, 5.74) is 5.84. The van der Waals surface area contributed by atoms with Crippen LogP contribution in [0.4, 0.5) is 0 Å². The van der Waals surface area contributed by atoms with Crippen LogP contribution in [0.15, 0.2) is 48.5 Å². The summed E-state index contributed by atoms with van der Waals surface area (Å²) in [7, 11) is 0. The van der Waals surface area contributed by atoms with Gasteiger partial charge in [-0.15, -0.1) is 0 Å². The molecule has 3 fully saturated rings. The molecule has 2 aliphatic carbocycles. The van der Waals surface area contributed by atoms with Crippen LogP contribution in [-0.4, -0.2) is 24.0 Å². The highest BCUT2D eigenvalue weighted by atomic mass is 15.2. The van der Waals surface area contributed by atoms with Gasteiger partial charge in [-0.05, 0) is 92.1 Å². The molecule has 3 atom stereocenters. The van der Waals surface area contributed by atoms with E-state index in [0.29, 0.717) is 0 Å². The van der Waals surface area contributed by atoms with Crippen molar-refractivity contribution in [2.75, 3.05) is 13.1 Å². The Labute approximate surface area is 158 Å². The van der Waals surface area contributed by atoms with Gasteiger partial charge in [0.1, 0.15) is 0 Å². The Morgan fingerprint density at radius 2 is 1.50 bits per heavy atom. The van der Waals surface area contributed by atoms with Crippen LogP contribution < -0.4 is 0 Å². The molecule has 0 aromatic heterocycles. The van der Waals surface area contributed by atoms with Crippen LogP contribution in [0.3, 0.4) is 0 Å². The van der Waals surface area contributed by atoms with E-state index in [-0.39, 0.29) is 0 Å². The highest BCUT2D eigenvalue weighted by Crippen LogP contribution is 2.48. The minimum atomic E-state index is 0.723. The van der Waals surface area contributed by atoms with E-state index < -0.39 is 0 Å². The Bertz CT molecular complexity index is 771. The molecule has 2 bridgehead atoms. The molecule has 0 unspecified atom stereocenters. The van der Waals surface area contributed by atoms with E-state index in [2.05, 4.69) is 60.4 Å². The van der Waals surface area contributed by atoms with Gasteiger partial charge in [0.15, 0.2) is 0 Å². The molecule has 3 aliphatic rings. The highest BCUT2D eigenvalue weighted by Gasteiger charge is 2.42. The summed E-state index contributed by atoms with van der Waals surface area (Å²) in [4.78, 5) is 2.86. The maximum absolute atomic E-state index is 2.86. The molecule has 2 aromatic rings. The van der Waals surface area contributed by atoms with Crippen LogP contribution in [0.2, 0.25) is 0 Å². The van der Waals surface area contributed by atoms with E-state index in [1.54, 1.807) is 5.56 Å². The summed E-state index contributed by atoms with van der Waals surface area (Å²) < 4.78 is 0. The number of rotatable bonds is 3. The fourth-order valence-corrected chi connectivity index (χ4v) is 6.17. The molecule has 2 saturated carbocycles. The summed E-state index contributed by atoms with van der Waals surface area (Å²) in [6.45, 7) is 4.85. The van der Waals surface area contributed by atoms with Crippen molar-refractivity contribution in [3.63, 3.8) is 0 Å². The van der Waals surface area contributed by atoms with Gasteiger partial charge in [0.25, 0.3) is 0 Å². The molecule has 26 heavy (non-hydrogen) atoms. The minimum Gasteiger partial charge on any atom is -0.300 e. The van der Waals surface area contributed by atoms with Crippen LogP contribution in [0.1, 0.15) is 55.6 Å². The normalized spacial score (nSPS) is 29.3. The molecule has 1 heteroatoms. The zero-order valence-corrected chi connectivity index (χ0v) is 16.0. The number of fused-ring (bicyclic) bond motifs is 2. The van der Waals surface area contributed by atoms with E-state index in [1.807, 2.05) is 0 Å². The Morgan fingerprint density at radius 1 is 0.769 bits per heavy atom. The average Bonchev–Trinajstić information content (AvgIpc) is 3.32. The lowest BCUT2D eigenvalue weighted by Gasteiger charge is -2.40. The van der Waals surface area contributed by atoms with Crippen molar-refractivity contribution in [1.82, 2.24) is 4.90 Å². The van der Waals surface area contributed by atoms with E-state index in [1.165, 1.54) is 68.3 Å². The quantitative estimate of drug-likeness (QED) is 0.656. The lowest BCUT2D eigenvalue weighted by molar-refractivity contribution is 0.111. The molecule has 136 valence electrons. The summed E-state index contributed by atoms with van der Waals surface area (Å²) >= 11 is 0. The third kappa shape index (κ3) is 2.91. The second kappa shape index (κ2) is 6.85. The molecule has 1 aliphatic heterocycles. The number of benzene rings is 2. The number of likely N-dealkylation sites (tertiary alicyclic amines) is 1. The van der Waals surface area contributed by atoms with Gasteiger partial charge in [0.05, 0.1) is 0 Å². The third-order valence-electron chi connectivity index (χ3n) is 7.54. The number of nitrogens with zero attached hydrogens (tertiary/aromatic N) is 1. The van der Waals surface area contributed by atoms with E-state index in [9.17, 15) is 0 Å². The van der Waals surface area contributed by atoms with Gasteiger partial charge in [-0.1, -0.05) is 55.0 Å². The van der Waals surface area contributed by atoms with Gasteiger partial charge in [-0.25, -0.2) is 0 Å². The molecular formula is C25H31N. The molecule has 0 radical (unpaired) electrons. The highest BCUT2D eigenvalue weighted by molar-refractivity contribution is 5.71. The van der Waals surface area contributed by atoms with Gasteiger partial charge in [0.2, 0.25) is 0 Å². The number of aryl methyl sites for hydroxylation is 1. The summed E-state index contributed by atoms with van der Waals surface area (Å²) in [5.74, 6) is 2.81. The summed E-state index contributed by atoms with van der Waals surface area (Å²) in [6, 6.07) is 18.9. The fraction of sp³-hybridized carbons (Fsp3) is 0.520. The predicted molar refractivity (Wildman–Crippen MR) is 109 cm³/mol. The monoisotopic (exact) mass is 345 g/mol. The van der Waals surface area contributed by atoms with Gasteiger partial charge >= 0.3 is 0 Å². The second-order valence-corrected chi connectivity index (χ2v) is 8.95. The lowest BCUT2D eigenvalue weighted by atomic mass is 9.82. The summed E-state index contributed by atoms with van der Waals surface area (Å²) in [6.07, 6.45) is 8.70. The molecule has 1 nitrogen and oxygen atoms in total. The van der Waals surface area contributed by atoms with Crippen LogP contribution >= 0.6 is 0 Å². The van der Waals surface area contributed by atoms with Crippen molar-refractivity contribution in [3.8, 4) is 11.1 Å². The lowest BCUT2D eigenvalue weighted by Crippen LogP contribution is -2.43. The van der Waals surface area contributed by atoms with Crippen molar-refractivity contribution in [1.29, 1.82) is 0 Å².